The van der Waals surface area contributed by atoms with Gasteiger partial charge in [-0.15, -0.1) is 0 Å². The van der Waals surface area contributed by atoms with E-state index in [1.807, 2.05) is 37.3 Å². The van der Waals surface area contributed by atoms with E-state index in [2.05, 4.69) is 26.6 Å². The van der Waals surface area contributed by atoms with Crippen LogP contribution in [0.3, 0.4) is 0 Å². The molecule has 0 aliphatic carbocycles. The number of nitrogens with zero attached hydrogens (tertiary/aromatic N) is 3. The Bertz CT molecular complexity index is 886. The fraction of sp³-hybridized carbons (Fsp3) is 0.364. The van der Waals surface area contributed by atoms with Gasteiger partial charge in [0.2, 0.25) is 0 Å². The number of rotatable bonds is 5. The molecule has 0 bridgehead atoms. The molecule has 3 rings (SSSR count). The van der Waals surface area contributed by atoms with E-state index in [9.17, 15) is 14.9 Å². The van der Waals surface area contributed by atoms with Crippen LogP contribution < -0.4 is 15.5 Å². The van der Waals surface area contributed by atoms with Gasteiger partial charge in [0.05, 0.1) is 11.6 Å². The Hall–Kier alpha value is -3.40. The predicted octanol–water partition coefficient (Wildman–Crippen LogP) is 2.16. The van der Waals surface area contributed by atoms with Crippen LogP contribution in [0.5, 0.6) is 0 Å². The molecule has 2 N–H and O–H groups in total. The molecule has 2 heterocycles. The van der Waals surface area contributed by atoms with Crippen LogP contribution in [0, 0.1) is 17.2 Å². The van der Waals surface area contributed by atoms with E-state index in [0.29, 0.717) is 23.8 Å². The fourth-order valence-electron chi connectivity index (χ4n) is 3.49. The first-order chi connectivity index (χ1) is 14.1. The van der Waals surface area contributed by atoms with Crippen molar-refractivity contribution in [3.8, 4) is 6.07 Å². The third-order valence-electron chi connectivity index (χ3n) is 5.23. The van der Waals surface area contributed by atoms with Crippen molar-refractivity contribution in [3.63, 3.8) is 0 Å². The van der Waals surface area contributed by atoms with Gasteiger partial charge in [-0.05, 0) is 43.4 Å². The zero-order valence-corrected chi connectivity index (χ0v) is 16.5. The lowest BCUT2D eigenvalue weighted by Crippen LogP contribution is -2.44. The molecule has 7 heteroatoms. The number of carbonyl (C=O) groups is 2. The van der Waals surface area contributed by atoms with Crippen molar-refractivity contribution in [3.05, 3.63) is 59.8 Å². The summed E-state index contributed by atoms with van der Waals surface area (Å²) in [5.41, 5.74) is 1.52. The average molecular weight is 391 g/mol. The maximum atomic E-state index is 12.1. The Kier molecular flexibility index (Phi) is 6.80. The summed E-state index contributed by atoms with van der Waals surface area (Å²) in [7, 11) is 0. The van der Waals surface area contributed by atoms with E-state index in [1.54, 1.807) is 18.3 Å². The largest absolute Gasteiger partial charge is 0.356 e. The topological polar surface area (TPSA) is 98.1 Å². The molecule has 7 nitrogen and oxygen atoms in total. The summed E-state index contributed by atoms with van der Waals surface area (Å²) in [6, 6.07) is 15.0. The van der Waals surface area contributed by atoms with Crippen molar-refractivity contribution in [1.82, 2.24) is 15.6 Å². The van der Waals surface area contributed by atoms with Crippen molar-refractivity contribution < 1.29 is 9.59 Å². The van der Waals surface area contributed by atoms with Crippen molar-refractivity contribution in [2.45, 2.75) is 25.8 Å². The number of hydrogen-bond donors (Lipinski definition) is 2. The second-order valence-electron chi connectivity index (χ2n) is 7.23. The molecule has 0 spiro atoms. The molecule has 1 aromatic carbocycles. The van der Waals surface area contributed by atoms with Gasteiger partial charge in [0.15, 0.2) is 0 Å². The van der Waals surface area contributed by atoms with Crippen LogP contribution >= 0.6 is 0 Å². The average Bonchev–Trinajstić information content (AvgIpc) is 2.78. The van der Waals surface area contributed by atoms with Crippen LogP contribution in [0.1, 0.15) is 36.9 Å². The third-order valence-corrected chi connectivity index (χ3v) is 5.23. The standard InChI is InChI=1S/C22H25N5O2/c1-16(18-6-3-2-4-7-18)26-22(29)21(28)25-15-17-9-12-27(13-10-17)20-19(14-23)8-5-11-24-20/h2-8,11,16-17H,9-10,12-13,15H2,1H3,(H,25,28)(H,26,29). The number of piperidine rings is 1. The number of aromatic nitrogens is 1. The molecule has 0 radical (unpaired) electrons. The van der Waals surface area contributed by atoms with Crippen LogP contribution in [-0.4, -0.2) is 36.4 Å². The minimum absolute atomic E-state index is 0.231. The lowest BCUT2D eigenvalue weighted by atomic mass is 9.96. The van der Waals surface area contributed by atoms with Crippen LogP contribution in [-0.2, 0) is 9.59 Å². The van der Waals surface area contributed by atoms with Gasteiger partial charge in [-0.25, -0.2) is 4.98 Å². The van der Waals surface area contributed by atoms with Gasteiger partial charge in [-0.2, -0.15) is 5.26 Å². The number of nitrogens with one attached hydrogen (secondary N) is 2. The first kappa shape index (κ1) is 20.3. The van der Waals surface area contributed by atoms with Gasteiger partial charge in [0.25, 0.3) is 0 Å². The molecule has 29 heavy (non-hydrogen) atoms. The van der Waals surface area contributed by atoms with Crippen molar-refractivity contribution >= 4 is 17.6 Å². The van der Waals surface area contributed by atoms with Crippen LogP contribution in [0.15, 0.2) is 48.7 Å². The van der Waals surface area contributed by atoms with Crippen LogP contribution in [0.25, 0.3) is 0 Å². The zero-order chi connectivity index (χ0) is 20.6. The van der Waals surface area contributed by atoms with Gasteiger partial charge in [0.1, 0.15) is 11.9 Å². The Morgan fingerprint density at radius 2 is 1.90 bits per heavy atom. The van der Waals surface area contributed by atoms with E-state index >= 15 is 0 Å². The number of anilines is 1. The second-order valence-corrected chi connectivity index (χ2v) is 7.23. The highest BCUT2D eigenvalue weighted by Crippen LogP contribution is 2.23. The van der Waals surface area contributed by atoms with E-state index in [1.165, 1.54) is 0 Å². The van der Waals surface area contributed by atoms with Crippen molar-refractivity contribution in [1.29, 1.82) is 5.26 Å². The molecule has 1 aliphatic heterocycles. The summed E-state index contributed by atoms with van der Waals surface area (Å²) in [6.45, 7) is 3.85. The highest BCUT2D eigenvalue weighted by Gasteiger charge is 2.23. The van der Waals surface area contributed by atoms with E-state index < -0.39 is 11.8 Å². The summed E-state index contributed by atoms with van der Waals surface area (Å²) in [6.07, 6.45) is 3.42. The highest BCUT2D eigenvalue weighted by molar-refractivity contribution is 6.35. The number of carbonyl (C=O) groups excluding carboxylic acids is 2. The molecule has 0 saturated carbocycles. The lowest BCUT2D eigenvalue weighted by Gasteiger charge is -2.33. The Morgan fingerprint density at radius 3 is 2.59 bits per heavy atom. The lowest BCUT2D eigenvalue weighted by molar-refractivity contribution is -0.139. The summed E-state index contributed by atoms with van der Waals surface area (Å²) >= 11 is 0. The van der Waals surface area contributed by atoms with Crippen molar-refractivity contribution in [2.24, 2.45) is 5.92 Å². The van der Waals surface area contributed by atoms with Gasteiger partial charge in [-0.3, -0.25) is 9.59 Å². The Balaban J connectivity index is 1.43. The number of pyridine rings is 1. The molecule has 1 atom stereocenters. The Labute approximate surface area is 170 Å². The third kappa shape index (κ3) is 5.32. The quantitative estimate of drug-likeness (QED) is 0.761. The molecular weight excluding hydrogens is 366 g/mol. The molecule has 1 unspecified atom stereocenters. The maximum Gasteiger partial charge on any atom is 0.309 e. The summed E-state index contributed by atoms with van der Waals surface area (Å²) < 4.78 is 0. The number of amides is 2. The molecule has 1 fully saturated rings. The zero-order valence-electron chi connectivity index (χ0n) is 16.5. The summed E-state index contributed by atoms with van der Waals surface area (Å²) in [5.74, 6) is -0.215. The summed E-state index contributed by atoms with van der Waals surface area (Å²) in [5, 5.41) is 14.7. The van der Waals surface area contributed by atoms with Gasteiger partial charge < -0.3 is 15.5 Å². The summed E-state index contributed by atoms with van der Waals surface area (Å²) in [4.78, 5) is 30.7. The molecule has 2 amide bonds. The Morgan fingerprint density at radius 1 is 1.17 bits per heavy atom. The van der Waals surface area contributed by atoms with E-state index in [4.69, 9.17) is 0 Å². The predicted molar refractivity (Wildman–Crippen MR) is 110 cm³/mol. The van der Waals surface area contributed by atoms with Gasteiger partial charge in [-0.1, -0.05) is 30.3 Å². The maximum absolute atomic E-state index is 12.1. The minimum atomic E-state index is -0.620. The molecule has 2 aromatic rings. The van der Waals surface area contributed by atoms with E-state index in [0.717, 1.165) is 31.5 Å². The SMILES string of the molecule is CC(NC(=O)C(=O)NCC1CCN(c2ncccc2C#N)CC1)c1ccccc1. The van der Waals surface area contributed by atoms with Crippen LogP contribution in [0.2, 0.25) is 0 Å². The molecule has 1 aromatic heterocycles. The van der Waals surface area contributed by atoms with Gasteiger partial charge in [0, 0.05) is 25.8 Å². The number of nitriles is 1. The van der Waals surface area contributed by atoms with Gasteiger partial charge >= 0.3 is 11.8 Å². The molecule has 1 aliphatic rings. The molecule has 1 saturated heterocycles. The van der Waals surface area contributed by atoms with E-state index in [-0.39, 0.29) is 6.04 Å². The van der Waals surface area contributed by atoms with Crippen molar-refractivity contribution in [2.75, 3.05) is 24.5 Å². The normalized spacial score (nSPS) is 15.2. The van der Waals surface area contributed by atoms with Crippen LogP contribution in [0.4, 0.5) is 5.82 Å². The highest BCUT2D eigenvalue weighted by atomic mass is 16.2. The number of hydrogen-bond acceptors (Lipinski definition) is 5. The first-order valence-electron chi connectivity index (χ1n) is 9.82. The first-order valence-corrected chi connectivity index (χ1v) is 9.82. The monoisotopic (exact) mass is 391 g/mol. The minimum Gasteiger partial charge on any atom is -0.356 e. The number of benzene rings is 1. The fourth-order valence-corrected chi connectivity index (χ4v) is 3.49. The second kappa shape index (κ2) is 9.69. The molecular formula is C22H25N5O2. The smallest absolute Gasteiger partial charge is 0.309 e. The molecule has 150 valence electrons.